The first kappa shape index (κ1) is 23.2. The Hall–Kier alpha value is -3.11. The van der Waals surface area contributed by atoms with Gasteiger partial charge in [-0.3, -0.25) is 9.59 Å². The van der Waals surface area contributed by atoms with Gasteiger partial charge in [-0.25, -0.2) is 21.9 Å². The van der Waals surface area contributed by atoms with Gasteiger partial charge < -0.3 is 10.6 Å². The number of sulfonamides is 1. The van der Waals surface area contributed by atoms with Gasteiger partial charge in [0.25, 0.3) is 5.91 Å². The van der Waals surface area contributed by atoms with Crippen molar-refractivity contribution in [3.05, 3.63) is 77.9 Å². The number of benzene rings is 2. The van der Waals surface area contributed by atoms with Gasteiger partial charge in [0.15, 0.2) is 0 Å². The van der Waals surface area contributed by atoms with Crippen LogP contribution in [0.3, 0.4) is 0 Å². The number of hydrogen-bond acceptors (Lipinski definition) is 4. The fraction of sp³-hybridized carbons (Fsp3) is 0.200. The molecule has 0 spiro atoms. The fourth-order valence-electron chi connectivity index (χ4n) is 2.47. The minimum Gasteiger partial charge on any atom is -0.354 e. The summed E-state index contributed by atoms with van der Waals surface area (Å²) < 4.78 is 53.3. The molecule has 160 valence electrons. The Morgan fingerprint density at radius 1 is 1.03 bits per heavy atom. The van der Waals surface area contributed by atoms with Crippen molar-refractivity contribution >= 4 is 21.8 Å². The van der Waals surface area contributed by atoms with Gasteiger partial charge in [-0.05, 0) is 35.9 Å². The number of hydrogen-bond donors (Lipinski definition) is 3. The molecule has 0 aromatic heterocycles. The summed E-state index contributed by atoms with van der Waals surface area (Å²) in [4.78, 5) is 23.4. The maximum atomic E-state index is 13.9. The van der Waals surface area contributed by atoms with Gasteiger partial charge in [-0.15, -0.1) is 6.58 Å². The first-order chi connectivity index (χ1) is 14.2. The minimum atomic E-state index is -4.14. The van der Waals surface area contributed by atoms with E-state index in [2.05, 4.69) is 21.9 Å². The Kier molecular flexibility index (Phi) is 8.19. The lowest BCUT2D eigenvalue weighted by Gasteiger charge is -2.10. The van der Waals surface area contributed by atoms with E-state index in [1.54, 1.807) is 6.07 Å². The molecule has 0 atom stereocenters. The molecule has 0 fully saturated rings. The highest BCUT2D eigenvalue weighted by molar-refractivity contribution is 7.89. The SMILES string of the molecule is C=CCNS(=O)(=O)c1cc(C(=O)NCCNC(=O)Cc2cccc(F)c2)ccc1F. The van der Waals surface area contributed by atoms with Crippen LogP contribution in [-0.2, 0) is 21.2 Å². The van der Waals surface area contributed by atoms with Crippen molar-refractivity contribution < 1.29 is 26.8 Å². The van der Waals surface area contributed by atoms with E-state index in [-0.39, 0.29) is 37.5 Å². The number of carbonyl (C=O) groups excluding carboxylic acids is 2. The Morgan fingerprint density at radius 2 is 1.77 bits per heavy atom. The molecule has 10 heteroatoms. The summed E-state index contributed by atoms with van der Waals surface area (Å²) in [7, 11) is -4.14. The summed E-state index contributed by atoms with van der Waals surface area (Å²) in [6.45, 7) is 3.45. The number of nitrogens with one attached hydrogen (secondary N) is 3. The molecule has 0 unspecified atom stereocenters. The molecular weight excluding hydrogens is 416 g/mol. The average molecular weight is 437 g/mol. The van der Waals surface area contributed by atoms with Crippen LogP contribution in [0.1, 0.15) is 15.9 Å². The standard InChI is InChI=1S/C20H21F2N3O4S/c1-2-8-25-30(28,29)18-13-15(6-7-17(18)22)20(27)24-10-9-23-19(26)12-14-4-3-5-16(21)11-14/h2-7,11,13,25H,1,8-10,12H2,(H,23,26)(H,24,27). The molecule has 0 bridgehead atoms. The summed E-state index contributed by atoms with van der Waals surface area (Å²) >= 11 is 0. The molecule has 0 radical (unpaired) electrons. The molecule has 2 amide bonds. The van der Waals surface area contributed by atoms with Crippen LogP contribution in [0.2, 0.25) is 0 Å². The third kappa shape index (κ3) is 6.75. The second-order valence-electron chi connectivity index (χ2n) is 6.20. The number of amides is 2. The van der Waals surface area contributed by atoms with Crippen molar-refractivity contribution in [2.45, 2.75) is 11.3 Å². The molecular formula is C20H21F2N3O4S. The van der Waals surface area contributed by atoms with Crippen molar-refractivity contribution in [2.75, 3.05) is 19.6 Å². The van der Waals surface area contributed by atoms with Crippen LogP contribution in [-0.4, -0.2) is 39.9 Å². The normalized spacial score (nSPS) is 11.0. The highest BCUT2D eigenvalue weighted by Gasteiger charge is 2.20. The zero-order valence-electron chi connectivity index (χ0n) is 16.0. The van der Waals surface area contributed by atoms with Crippen LogP contribution in [0, 0.1) is 11.6 Å². The van der Waals surface area contributed by atoms with Crippen LogP contribution in [0.15, 0.2) is 60.0 Å². The minimum absolute atomic E-state index is 0.0113. The van der Waals surface area contributed by atoms with Crippen LogP contribution in [0.25, 0.3) is 0 Å². The van der Waals surface area contributed by atoms with Crippen LogP contribution < -0.4 is 15.4 Å². The van der Waals surface area contributed by atoms with E-state index < -0.39 is 32.5 Å². The van der Waals surface area contributed by atoms with Gasteiger partial charge in [-0.2, -0.15) is 0 Å². The summed E-state index contributed by atoms with van der Waals surface area (Å²) in [5.41, 5.74) is 0.461. The Balaban J connectivity index is 1.88. The molecule has 2 rings (SSSR count). The molecule has 30 heavy (non-hydrogen) atoms. The molecule has 0 aliphatic rings. The van der Waals surface area contributed by atoms with Crippen molar-refractivity contribution in [3.63, 3.8) is 0 Å². The van der Waals surface area contributed by atoms with E-state index in [1.165, 1.54) is 24.3 Å². The van der Waals surface area contributed by atoms with Crippen LogP contribution in [0.4, 0.5) is 8.78 Å². The van der Waals surface area contributed by atoms with Gasteiger partial charge in [0.1, 0.15) is 16.5 Å². The largest absolute Gasteiger partial charge is 0.354 e. The van der Waals surface area contributed by atoms with Gasteiger partial charge in [-0.1, -0.05) is 18.2 Å². The zero-order valence-corrected chi connectivity index (χ0v) is 16.8. The average Bonchev–Trinajstić information content (AvgIpc) is 2.69. The number of rotatable bonds is 10. The molecule has 0 saturated carbocycles. The molecule has 0 heterocycles. The van der Waals surface area contributed by atoms with E-state index in [0.717, 1.165) is 18.2 Å². The fourth-order valence-corrected chi connectivity index (χ4v) is 3.57. The monoisotopic (exact) mass is 437 g/mol. The van der Waals surface area contributed by atoms with Crippen LogP contribution in [0.5, 0.6) is 0 Å². The molecule has 0 aliphatic heterocycles. The highest BCUT2D eigenvalue weighted by atomic mass is 32.2. The van der Waals surface area contributed by atoms with Crippen molar-refractivity contribution in [1.82, 2.24) is 15.4 Å². The number of halogens is 2. The van der Waals surface area contributed by atoms with E-state index in [9.17, 15) is 26.8 Å². The Bertz CT molecular complexity index is 1040. The summed E-state index contributed by atoms with van der Waals surface area (Å²) in [6, 6.07) is 8.62. The number of carbonyl (C=O) groups is 2. The van der Waals surface area contributed by atoms with Crippen molar-refractivity contribution in [2.24, 2.45) is 0 Å². The summed E-state index contributed by atoms with van der Waals surface area (Å²) in [5, 5.41) is 5.08. The Labute approximate surface area is 173 Å². The van der Waals surface area contributed by atoms with Crippen molar-refractivity contribution in [3.8, 4) is 0 Å². The lowest BCUT2D eigenvalue weighted by molar-refractivity contribution is -0.120. The first-order valence-electron chi connectivity index (χ1n) is 8.92. The highest BCUT2D eigenvalue weighted by Crippen LogP contribution is 2.16. The quantitative estimate of drug-likeness (QED) is 0.387. The van der Waals surface area contributed by atoms with Gasteiger partial charge in [0.05, 0.1) is 6.42 Å². The first-order valence-corrected chi connectivity index (χ1v) is 10.4. The Morgan fingerprint density at radius 3 is 2.47 bits per heavy atom. The van der Waals surface area contributed by atoms with E-state index in [1.807, 2.05) is 0 Å². The summed E-state index contributed by atoms with van der Waals surface area (Å²) in [5.74, 6) is -2.41. The predicted octanol–water partition coefficient (Wildman–Crippen LogP) is 1.52. The zero-order chi connectivity index (χ0) is 22.1. The third-order valence-corrected chi connectivity index (χ3v) is 5.33. The second-order valence-corrected chi connectivity index (χ2v) is 7.93. The maximum Gasteiger partial charge on any atom is 0.251 e. The lowest BCUT2D eigenvalue weighted by atomic mass is 10.1. The van der Waals surface area contributed by atoms with E-state index in [0.29, 0.717) is 5.56 Å². The molecule has 2 aromatic carbocycles. The maximum absolute atomic E-state index is 13.9. The van der Waals surface area contributed by atoms with E-state index in [4.69, 9.17) is 0 Å². The molecule has 0 saturated heterocycles. The molecule has 7 nitrogen and oxygen atoms in total. The topological polar surface area (TPSA) is 104 Å². The van der Waals surface area contributed by atoms with Gasteiger partial charge in [0.2, 0.25) is 15.9 Å². The smallest absolute Gasteiger partial charge is 0.251 e. The van der Waals surface area contributed by atoms with Crippen molar-refractivity contribution in [1.29, 1.82) is 0 Å². The third-order valence-electron chi connectivity index (χ3n) is 3.89. The molecule has 2 aromatic rings. The predicted molar refractivity (Wildman–Crippen MR) is 107 cm³/mol. The lowest BCUT2D eigenvalue weighted by Crippen LogP contribution is -2.35. The van der Waals surface area contributed by atoms with Gasteiger partial charge in [0, 0.05) is 25.2 Å². The second kappa shape index (κ2) is 10.6. The molecule has 3 N–H and O–H groups in total. The van der Waals surface area contributed by atoms with Crippen LogP contribution >= 0.6 is 0 Å². The molecule has 0 aliphatic carbocycles. The van der Waals surface area contributed by atoms with E-state index >= 15 is 0 Å². The summed E-state index contributed by atoms with van der Waals surface area (Å²) in [6.07, 6.45) is 1.29. The van der Waals surface area contributed by atoms with Gasteiger partial charge >= 0.3 is 0 Å².